The van der Waals surface area contributed by atoms with Crippen LogP contribution in [0.3, 0.4) is 0 Å². The number of sulfone groups is 1. The number of rotatable bonds is 8. The Bertz CT molecular complexity index is 1210. The molecule has 3 rings (SSSR count). The molecule has 10 heteroatoms. The molecule has 1 aromatic heterocycles. The molecule has 6 nitrogen and oxygen atoms in total. The van der Waals surface area contributed by atoms with Crippen LogP contribution in [0.5, 0.6) is 0 Å². The van der Waals surface area contributed by atoms with E-state index in [1.807, 2.05) is 19.1 Å². The summed E-state index contributed by atoms with van der Waals surface area (Å²) in [5.41, 5.74) is 1.76. The predicted molar refractivity (Wildman–Crippen MR) is 136 cm³/mol. The van der Waals surface area contributed by atoms with Gasteiger partial charge in [-0.2, -0.15) is 0 Å². The van der Waals surface area contributed by atoms with E-state index in [0.29, 0.717) is 23.2 Å². The van der Waals surface area contributed by atoms with Crippen LogP contribution in [0, 0.1) is 6.92 Å². The predicted octanol–water partition coefficient (Wildman–Crippen LogP) is 5.07. The Kier molecular flexibility index (Phi) is 9.07. The lowest BCUT2D eigenvalue weighted by molar-refractivity contribution is 0.0980. The number of anilines is 1. The van der Waals surface area contributed by atoms with Gasteiger partial charge in [-0.05, 0) is 49.8 Å². The Balaban J connectivity index is 0.00000363. The van der Waals surface area contributed by atoms with Crippen molar-refractivity contribution >= 4 is 66.4 Å². The fraction of sp³-hybridized carbons (Fsp3) is 0.364. The van der Waals surface area contributed by atoms with E-state index >= 15 is 0 Å². The van der Waals surface area contributed by atoms with Crippen molar-refractivity contribution in [2.45, 2.75) is 25.7 Å². The number of nitrogens with zero attached hydrogens (tertiary/aromatic N) is 3. The van der Waals surface area contributed by atoms with Crippen LogP contribution in [-0.2, 0) is 9.84 Å². The largest absolute Gasteiger partial charge is 0.302 e. The van der Waals surface area contributed by atoms with Crippen molar-refractivity contribution in [3.63, 3.8) is 0 Å². The average molecular weight is 517 g/mol. The summed E-state index contributed by atoms with van der Waals surface area (Å²) in [7, 11) is -3.56. The molecule has 0 aliphatic carbocycles. The highest BCUT2D eigenvalue weighted by Crippen LogP contribution is 2.34. The summed E-state index contributed by atoms with van der Waals surface area (Å²) in [6, 6.07) is 10.0. The summed E-state index contributed by atoms with van der Waals surface area (Å²) in [6.07, 6.45) is 1.11. The number of hydrogen-bond donors (Lipinski definition) is 0. The number of carbonyl (C=O) groups excluding carboxylic acids is 1. The molecule has 32 heavy (non-hydrogen) atoms. The molecule has 0 N–H and O–H groups in total. The first kappa shape index (κ1) is 26.5. The van der Waals surface area contributed by atoms with Gasteiger partial charge in [0.1, 0.15) is 0 Å². The van der Waals surface area contributed by atoms with Crippen molar-refractivity contribution < 1.29 is 13.2 Å². The van der Waals surface area contributed by atoms with Crippen LogP contribution < -0.4 is 4.90 Å². The number of benzene rings is 2. The Hall–Kier alpha value is -1.71. The fourth-order valence-corrected chi connectivity index (χ4v) is 5.46. The van der Waals surface area contributed by atoms with Crippen LogP contribution in [0.25, 0.3) is 10.2 Å². The van der Waals surface area contributed by atoms with Crippen LogP contribution >= 0.6 is 35.3 Å². The van der Waals surface area contributed by atoms with E-state index in [1.54, 1.807) is 23.1 Å². The number of hydrogen-bond acceptors (Lipinski definition) is 6. The molecular formula is C22H27Cl2N3O3S2. The highest BCUT2D eigenvalue weighted by Gasteiger charge is 2.26. The number of halogens is 2. The van der Waals surface area contributed by atoms with Gasteiger partial charge in [-0.25, -0.2) is 13.4 Å². The minimum Gasteiger partial charge on any atom is -0.302 e. The molecule has 0 saturated heterocycles. The van der Waals surface area contributed by atoms with Gasteiger partial charge in [0.15, 0.2) is 15.0 Å². The van der Waals surface area contributed by atoms with Gasteiger partial charge in [0.05, 0.1) is 20.7 Å². The molecule has 2 aromatic carbocycles. The van der Waals surface area contributed by atoms with Gasteiger partial charge in [-0.3, -0.25) is 9.69 Å². The number of aryl methyl sites for hydroxylation is 1. The lowest BCUT2D eigenvalue weighted by Gasteiger charge is -2.25. The van der Waals surface area contributed by atoms with Crippen molar-refractivity contribution in [1.82, 2.24) is 9.88 Å². The van der Waals surface area contributed by atoms with Crippen LogP contribution in [0.1, 0.15) is 29.8 Å². The maximum atomic E-state index is 13.6. The van der Waals surface area contributed by atoms with Gasteiger partial charge < -0.3 is 4.90 Å². The molecule has 174 valence electrons. The van der Waals surface area contributed by atoms with Crippen molar-refractivity contribution in [2.24, 2.45) is 0 Å². The second kappa shape index (κ2) is 10.9. The molecule has 0 spiro atoms. The third-order valence-corrected chi connectivity index (χ3v) is 7.87. The number of likely N-dealkylation sites (N-methyl/N-ethyl adjacent to an activating group) is 1. The molecule has 1 heterocycles. The Morgan fingerprint density at radius 2 is 1.75 bits per heavy atom. The van der Waals surface area contributed by atoms with Gasteiger partial charge in [-0.15, -0.1) is 12.4 Å². The normalized spacial score (nSPS) is 11.6. The lowest BCUT2D eigenvalue weighted by Crippen LogP contribution is -2.39. The van der Waals surface area contributed by atoms with Crippen LogP contribution in [0.4, 0.5) is 5.13 Å². The monoisotopic (exact) mass is 515 g/mol. The van der Waals surface area contributed by atoms with Crippen molar-refractivity contribution in [1.29, 1.82) is 0 Å². The molecule has 0 atom stereocenters. The van der Waals surface area contributed by atoms with Gasteiger partial charge in [-0.1, -0.05) is 48.9 Å². The summed E-state index contributed by atoms with van der Waals surface area (Å²) >= 11 is 7.66. The molecule has 0 bridgehead atoms. The zero-order valence-corrected chi connectivity index (χ0v) is 21.7. The first-order chi connectivity index (χ1) is 14.7. The van der Waals surface area contributed by atoms with E-state index < -0.39 is 9.84 Å². The maximum Gasteiger partial charge on any atom is 0.261 e. The summed E-state index contributed by atoms with van der Waals surface area (Å²) in [6.45, 7) is 8.78. The van der Waals surface area contributed by atoms with E-state index in [2.05, 4.69) is 18.7 Å². The van der Waals surface area contributed by atoms with Gasteiger partial charge in [0, 0.05) is 24.4 Å². The molecule has 3 aromatic rings. The SMILES string of the molecule is CCN(CC)CCN(C(=O)c1ccccc1S(C)(=O)=O)c1nc2c(C)c(Cl)ccc2s1.Cl. The summed E-state index contributed by atoms with van der Waals surface area (Å²) in [4.78, 5) is 22.1. The Morgan fingerprint density at radius 1 is 1.09 bits per heavy atom. The van der Waals surface area contributed by atoms with E-state index in [4.69, 9.17) is 16.6 Å². The first-order valence-corrected chi connectivity index (χ1v) is 13.1. The van der Waals surface area contributed by atoms with E-state index in [0.717, 1.165) is 35.1 Å². The standard InChI is InChI=1S/C22H26ClN3O3S2.ClH/c1-5-25(6-2)13-14-26(21(27)16-9-7-8-10-19(16)31(4,28)29)22-24-20-15(3)17(23)11-12-18(20)30-22;/h7-12H,5-6,13-14H2,1-4H3;1H. The molecule has 0 radical (unpaired) electrons. The van der Waals surface area contributed by atoms with Gasteiger partial charge >= 0.3 is 0 Å². The number of thiazole rings is 1. The third kappa shape index (κ3) is 5.61. The number of carbonyl (C=O) groups is 1. The smallest absolute Gasteiger partial charge is 0.261 e. The van der Waals surface area contributed by atoms with Gasteiger partial charge in [0.25, 0.3) is 5.91 Å². The number of aromatic nitrogens is 1. The fourth-order valence-electron chi connectivity index (χ4n) is 3.38. The molecule has 0 aliphatic rings. The molecular weight excluding hydrogens is 489 g/mol. The average Bonchev–Trinajstić information content (AvgIpc) is 3.18. The van der Waals surface area contributed by atoms with Crippen LogP contribution in [0.15, 0.2) is 41.3 Å². The molecule has 0 aliphatic heterocycles. The van der Waals surface area contributed by atoms with E-state index in [1.165, 1.54) is 17.4 Å². The number of fused-ring (bicyclic) bond motifs is 1. The highest BCUT2D eigenvalue weighted by molar-refractivity contribution is 7.90. The second-order valence-corrected chi connectivity index (χ2v) is 10.7. The Morgan fingerprint density at radius 3 is 2.38 bits per heavy atom. The van der Waals surface area contributed by atoms with Gasteiger partial charge in [0.2, 0.25) is 0 Å². The van der Waals surface area contributed by atoms with Crippen molar-refractivity contribution in [2.75, 3.05) is 37.3 Å². The number of amides is 1. The summed E-state index contributed by atoms with van der Waals surface area (Å²) in [5.74, 6) is -0.379. The van der Waals surface area contributed by atoms with Crippen molar-refractivity contribution in [3.8, 4) is 0 Å². The van der Waals surface area contributed by atoms with E-state index in [-0.39, 0.29) is 28.8 Å². The zero-order valence-electron chi connectivity index (χ0n) is 18.5. The lowest BCUT2D eigenvalue weighted by atomic mass is 10.2. The highest BCUT2D eigenvalue weighted by atomic mass is 35.5. The topological polar surface area (TPSA) is 70.6 Å². The third-order valence-electron chi connectivity index (χ3n) is 5.26. The minimum atomic E-state index is -3.56. The minimum absolute atomic E-state index is 0. The first-order valence-electron chi connectivity index (χ1n) is 10.1. The molecule has 0 fully saturated rings. The van der Waals surface area contributed by atoms with Crippen molar-refractivity contribution in [3.05, 3.63) is 52.5 Å². The summed E-state index contributed by atoms with van der Waals surface area (Å²) in [5, 5.41) is 1.15. The second-order valence-electron chi connectivity index (χ2n) is 7.27. The summed E-state index contributed by atoms with van der Waals surface area (Å²) < 4.78 is 25.5. The van der Waals surface area contributed by atoms with E-state index in [9.17, 15) is 13.2 Å². The van der Waals surface area contributed by atoms with Crippen LogP contribution in [0.2, 0.25) is 5.02 Å². The Labute approximate surface area is 204 Å². The molecule has 1 amide bonds. The quantitative estimate of drug-likeness (QED) is 0.418. The molecule has 0 saturated carbocycles. The van der Waals surface area contributed by atoms with Crippen LogP contribution in [-0.4, -0.2) is 56.6 Å². The zero-order chi connectivity index (χ0) is 22.8. The molecule has 0 unspecified atom stereocenters. The maximum absolute atomic E-state index is 13.6.